The summed E-state index contributed by atoms with van der Waals surface area (Å²) in [4.78, 5) is 24.3. The first-order valence-electron chi connectivity index (χ1n) is 7.86. The number of carbonyl (C=O) groups excluding carboxylic acids is 2. The van der Waals surface area contributed by atoms with Crippen molar-refractivity contribution in [2.75, 3.05) is 0 Å². The summed E-state index contributed by atoms with van der Waals surface area (Å²) < 4.78 is 10.9. The van der Waals surface area contributed by atoms with E-state index in [1.54, 1.807) is 19.1 Å². The van der Waals surface area contributed by atoms with Gasteiger partial charge in [0, 0.05) is 6.07 Å². The molecule has 0 N–H and O–H groups in total. The minimum atomic E-state index is -0.757. The molecule has 25 heavy (non-hydrogen) atoms. The molecule has 2 aromatic carbocycles. The van der Waals surface area contributed by atoms with Crippen molar-refractivity contribution in [2.45, 2.75) is 26.1 Å². The highest BCUT2D eigenvalue weighted by molar-refractivity contribution is 6.29. The molecule has 5 heteroatoms. The van der Waals surface area contributed by atoms with Crippen molar-refractivity contribution in [1.82, 2.24) is 0 Å². The van der Waals surface area contributed by atoms with Gasteiger partial charge in [-0.15, -0.1) is 11.6 Å². The maximum absolute atomic E-state index is 12.6. The molecule has 128 valence electrons. The largest absolute Gasteiger partial charge is 0.452 e. The number of ketones is 1. The van der Waals surface area contributed by atoms with E-state index in [-0.39, 0.29) is 11.5 Å². The van der Waals surface area contributed by atoms with Crippen molar-refractivity contribution in [1.29, 1.82) is 0 Å². The molecule has 1 heterocycles. The molecule has 0 aromatic heterocycles. The van der Waals surface area contributed by atoms with Gasteiger partial charge in [-0.3, -0.25) is 9.59 Å². The summed E-state index contributed by atoms with van der Waals surface area (Å²) in [6, 6.07) is 10.9. The molecule has 0 spiro atoms. The second-order valence-electron chi connectivity index (χ2n) is 6.00. The zero-order valence-corrected chi connectivity index (χ0v) is 14.9. The van der Waals surface area contributed by atoms with Crippen LogP contribution in [0.2, 0.25) is 0 Å². The summed E-state index contributed by atoms with van der Waals surface area (Å²) in [6.07, 6.45) is 1.71. The topological polar surface area (TPSA) is 52.6 Å². The van der Waals surface area contributed by atoms with Gasteiger partial charge in [0.2, 0.25) is 5.78 Å². The number of Topliss-reactive ketones (excluding diaryl/α,β-unsaturated/α-hetero) is 1. The van der Waals surface area contributed by atoms with Crippen LogP contribution in [-0.4, -0.2) is 17.1 Å². The number of esters is 1. The molecule has 3 rings (SSSR count). The van der Waals surface area contributed by atoms with E-state index in [9.17, 15) is 9.59 Å². The molecule has 1 aliphatic heterocycles. The Kier molecular flexibility index (Phi) is 4.64. The van der Waals surface area contributed by atoms with Gasteiger partial charge in [0.1, 0.15) is 16.9 Å². The number of benzene rings is 2. The Morgan fingerprint density at radius 2 is 2.00 bits per heavy atom. The molecule has 0 fully saturated rings. The standard InChI is InChI=1S/C20H17ClO4/c1-11-5-4-6-14(7-11)9-17-19(22)18-12(2)8-15(10-16(18)25-17)24-20(23)13(3)21/h4-10,13H,1-3H3/b17-9-. The SMILES string of the molecule is Cc1cccc(/C=C2\Oc3cc(OC(=O)C(C)Cl)cc(C)c3C2=O)c1. The minimum absolute atomic E-state index is 0.183. The van der Waals surface area contributed by atoms with Crippen molar-refractivity contribution in [3.63, 3.8) is 0 Å². The van der Waals surface area contributed by atoms with Crippen molar-refractivity contribution < 1.29 is 19.1 Å². The highest BCUT2D eigenvalue weighted by Gasteiger charge is 2.30. The summed E-state index contributed by atoms with van der Waals surface area (Å²) in [5.41, 5.74) is 3.15. The predicted octanol–water partition coefficient (Wildman–Crippen LogP) is 4.45. The lowest BCUT2D eigenvalue weighted by Gasteiger charge is -2.08. The van der Waals surface area contributed by atoms with Gasteiger partial charge in [0.05, 0.1) is 5.56 Å². The number of hydrogen-bond acceptors (Lipinski definition) is 4. The van der Waals surface area contributed by atoms with Gasteiger partial charge in [0.25, 0.3) is 0 Å². The maximum atomic E-state index is 12.6. The Morgan fingerprint density at radius 1 is 1.24 bits per heavy atom. The van der Waals surface area contributed by atoms with Gasteiger partial charge in [-0.1, -0.05) is 29.8 Å². The van der Waals surface area contributed by atoms with Gasteiger partial charge in [-0.2, -0.15) is 0 Å². The van der Waals surface area contributed by atoms with Crippen LogP contribution in [0.3, 0.4) is 0 Å². The van der Waals surface area contributed by atoms with Crippen molar-refractivity contribution in [2.24, 2.45) is 0 Å². The molecule has 0 radical (unpaired) electrons. The Bertz CT molecular complexity index is 897. The van der Waals surface area contributed by atoms with Crippen molar-refractivity contribution in [3.8, 4) is 11.5 Å². The van der Waals surface area contributed by atoms with Gasteiger partial charge in [-0.05, 0) is 44.0 Å². The predicted molar refractivity (Wildman–Crippen MR) is 96.2 cm³/mol. The van der Waals surface area contributed by atoms with E-state index < -0.39 is 11.3 Å². The molecule has 1 atom stereocenters. The second kappa shape index (κ2) is 6.73. The maximum Gasteiger partial charge on any atom is 0.329 e. The van der Waals surface area contributed by atoms with Crippen LogP contribution in [0.25, 0.3) is 6.08 Å². The van der Waals surface area contributed by atoms with Gasteiger partial charge in [0.15, 0.2) is 5.76 Å². The smallest absolute Gasteiger partial charge is 0.329 e. The van der Waals surface area contributed by atoms with E-state index in [0.717, 1.165) is 11.1 Å². The summed E-state index contributed by atoms with van der Waals surface area (Å²) in [5, 5.41) is -0.757. The molecule has 4 nitrogen and oxygen atoms in total. The van der Waals surface area contributed by atoms with Crippen LogP contribution in [0.1, 0.15) is 34.0 Å². The average molecular weight is 357 g/mol. The average Bonchev–Trinajstić information content (AvgIpc) is 2.83. The Hall–Kier alpha value is -2.59. The van der Waals surface area contributed by atoms with E-state index in [4.69, 9.17) is 21.1 Å². The number of hydrogen-bond donors (Lipinski definition) is 0. The molecular formula is C20H17ClO4. The fraction of sp³-hybridized carbons (Fsp3) is 0.200. The normalized spacial score (nSPS) is 15.7. The lowest BCUT2D eigenvalue weighted by molar-refractivity contribution is -0.133. The third kappa shape index (κ3) is 3.59. The molecule has 2 aromatic rings. The van der Waals surface area contributed by atoms with E-state index >= 15 is 0 Å². The number of carbonyl (C=O) groups is 2. The monoisotopic (exact) mass is 356 g/mol. The van der Waals surface area contributed by atoms with E-state index in [1.807, 2.05) is 31.2 Å². The van der Waals surface area contributed by atoms with Crippen LogP contribution in [0, 0.1) is 13.8 Å². The fourth-order valence-corrected chi connectivity index (χ4v) is 2.69. The molecule has 1 aliphatic rings. The van der Waals surface area contributed by atoms with Crippen LogP contribution >= 0.6 is 11.6 Å². The molecule has 0 amide bonds. The molecule has 0 saturated carbocycles. The second-order valence-corrected chi connectivity index (χ2v) is 6.66. The highest BCUT2D eigenvalue weighted by Crippen LogP contribution is 2.37. The zero-order valence-electron chi connectivity index (χ0n) is 14.1. The van der Waals surface area contributed by atoms with Gasteiger partial charge < -0.3 is 9.47 Å². The quantitative estimate of drug-likeness (QED) is 0.353. The number of rotatable bonds is 3. The van der Waals surface area contributed by atoms with Crippen LogP contribution < -0.4 is 9.47 Å². The lowest BCUT2D eigenvalue weighted by Crippen LogP contribution is -2.17. The number of ether oxygens (including phenoxy) is 2. The summed E-state index contributed by atoms with van der Waals surface area (Å²) in [6.45, 7) is 5.29. The summed E-state index contributed by atoms with van der Waals surface area (Å²) >= 11 is 5.72. The number of fused-ring (bicyclic) bond motifs is 1. The van der Waals surface area contributed by atoms with Gasteiger partial charge >= 0.3 is 5.97 Å². The highest BCUT2D eigenvalue weighted by atomic mass is 35.5. The number of alkyl halides is 1. The Balaban J connectivity index is 1.93. The third-order valence-electron chi connectivity index (χ3n) is 3.83. The van der Waals surface area contributed by atoms with E-state index in [1.165, 1.54) is 13.0 Å². The lowest BCUT2D eigenvalue weighted by atomic mass is 10.0. The molecule has 0 saturated heterocycles. The van der Waals surface area contributed by atoms with Crippen molar-refractivity contribution in [3.05, 3.63) is 64.4 Å². The first kappa shape index (κ1) is 17.2. The zero-order chi connectivity index (χ0) is 18.1. The van der Waals surface area contributed by atoms with Crippen LogP contribution in [0.15, 0.2) is 42.2 Å². The number of halogens is 1. The molecule has 1 unspecified atom stereocenters. The van der Waals surface area contributed by atoms with Crippen molar-refractivity contribution >= 4 is 29.4 Å². The van der Waals surface area contributed by atoms with E-state index in [2.05, 4.69) is 0 Å². The number of aryl methyl sites for hydroxylation is 2. The number of allylic oxidation sites excluding steroid dienone is 1. The van der Waals surface area contributed by atoms with Crippen LogP contribution in [-0.2, 0) is 4.79 Å². The fourth-order valence-electron chi connectivity index (χ4n) is 2.64. The Morgan fingerprint density at radius 3 is 2.68 bits per heavy atom. The van der Waals surface area contributed by atoms with Gasteiger partial charge in [-0.25, -0.2) is 0 Å². The Labute approximate surface area is 151 Å². The molecule has 0 bridgehead atoms. The van der Waals surface area contributed by atoms with E-state index in [0.29, 0.717) is 22.6 Å². The molecular weight excluding hydrogens is 340 g/mol. The summed E-state index contributed by atoms with van der Waals surface area (Å²) in [7, 11) is 0. The first-order valence-corrected chi connectivity index (χ1v) is 8.30. The molecule has 0 aliphatic carbocycles. The third-order valence-corrected chi connectivity index (χ3v) is 4.00. The first-order chi connectivity index (χ1) is 11.8. The summed E-state index contributed by atoms with van der Waals surface area (Å²) in [5.74, 6) is 0.198. The minimum Gasteiger partial charge on any atom is -0.452 e. The van der Waals surface area contributed by atoms with Crippen LogP contribution in [0.4, 0.5) is 0 Å². The van der Waals surface area contributed by atoms with Crippen LogP contribution in [0.5, 0.6) is 11.5 Å².